The Morgan fingerprint density at radius 2 is 1.67 bits per heavy atom. The third kappa shape index (κ3) is 7.32. The third-order valence-corrected chi connectivity index (χ3v) is 8.61. The SMILES string of the molecule is Cc1nn(CCOS(C)(=O)=O)cc1-c1ccc(-c2cnc(C(=O)Nc3ccc(C(=O)N4CCN(C(=O)O)CC4)c(Cl)c3)n2C)c(F)c1F. The summed E-state index contributed by atoms with van der Waals surface area (Å²) in [4.78, 5) is 44.0. The van der Waals surface area contributed by atoms with E-state index in [4.69, 9.17) is 20.9 Å². The second-order valence-electron chi connectivity index (χ2n) is 10.9. The van der Waals surface area contributed by atoms with Crippen LogP contribution in [0.1, 0.15) is 26.7 Å². The maximum Gasteiger partial charge on any atom is 0.407 e. The second-order valence-corrected chi connectivity index (χ2v) is 13.0. The van der Waals surface area contributed by atoms with E-state index in [0.29, 0.717) is 11.3 Å². The van der Waals surface area contributed by atoms with Gasteiger partial charge in [-0.15, -0.1) is 0 Å². The van der Waals surface area contributed by atoms with Crippen LogP contribution in [0.15, 0.2) is 42.7 Å². The minimum atomic E-state index is -3.64. The fourth-order valence-corrected chi connectivity index (χ4v) is 5.87. The maximum atomic E-state index is 15.5. The average Bonchev–Trinajstić information content (AvgIpc) is 3.59. The fourth-order valence-electron chi connectivity index (χ4n) is 5.23. The Kier molecular flexibility index (Phi) is 9.84. The Morgan fingerprint density at radius 3 is 2.31 bits per heavy atom. The van der Waals surface area contributed by atoms with Gasteiger partial charge in [-0.05, 0) is 31.2 Å². The van der Waals surface area contributed by atoms with Crippen LogP contribution in [0.5, 0.6) is 0 Å². The zero-order valence-corrected chi connectivity index (χ0v) is 27.5. The molecule has 2 aromatic carbocycles. The zero-order chi connectivity index (χ0) is 34.9. The lowest BCUT2D eigenvalue weighted by Crippen LogP contribution is -2.50. The summed E-state index contributed by atoms with van der Waals surface area (Å²) in [5, 5.41) is 16.0. The number of benzene rings is 2. The van der Waals surface area contributed by atoms with Crippen molar-refractivity contribution in [2.24, 2.45) is 7.05 Å². The van der Waals surface area contributed by atoms with Gasteiger partial charge in [0.05, 0.1) is 47.6 Å². The lowest BCUT2D eigenvalue weighted by molar-refractivity contribution is 0.0625. The predicted molar refractivity (Wildman–Crippen MR) is 170 cm³/mol. The van der Waals surface area contributed by atoms with E-state index in [9.17, 15) is 22.8 Å². The Morgan fingerprint density at radius 1 is 1.02 bits per heavy atom. The van der Waals surface area contributed by atoms with Crippen molar-refractivity contribution >= 4 is 45.3 Å². The first-order valence-corrected chi connectivity index (χ1v) is 16.6. The number of piperazine rings is 1. The van der Waals surface area contributed by atoms with E-state index in [-0.39, 0.29) is 84.2 Å². The van der Waals surface area contributed by atoms with Crippen molar-refractivity contribution < 1.29 is 40.9 Å². The highest BCUT2D eigenvalue weighted by molar-refractivity contribution is 7.85. The van der Waals surface area contributed by atoms with E-state index in [1.807, 2.05) is 0 Å². The first-order valence-electron chi connectivity index (χ1n) is 14.4. The van der Waals surface area contributed by atoms with Crippen molar-refractivity contribution in [2.45, 2.75) is 13.5 Å². The molecule has 2 aromatic heterocycles. The lowest BCUT2D eigenvalue weighted by atomic mass is 10.0. The van der Waals surface area contributed by atoms with Crippen LogP contribution in [0.25, 0.3) is 22.4 Å². The zero-order valence-electron chi connectivity index (χ0n) is 25.9. The van der Waals surface area contributed by atoms with Crippen molar-refractivity contribution in [1.29, 1.82) is 0 Å². The van der Waals surface area contributed by atoms with Gasteiger partial charge in [0, 0.05) is 61.8 Å². The summed E-state index contributed by atoms with van der Waals surface area (Å²) < 4.78 is 60.7. The number of imidazole rings is 1. The summed E-state index contributed by atoms with van der Waals surface area (Å²) in [5.41, 5.74) is 1.03. The highest BCUT2D eigenvalue weighted by Crippen LogP contribution is 2.33. The highest BCUT2D eigenvalue weighted by atomic mass is 35.5. The summed E-state index contributed by atoms with van der Waals surface area (Å²) in [6.45, 7) is 2.27. The first kappa shape index (κ1) is 34.5. The molecule has 4 aromatic rings. The molecule has 254 valence electrons. The molecule has 0 aliphatic carbocycles. The van der Waals surface area contributed by atoms with E-state index < -0.39 is 33.8 Å². The number of carbonyl (C=O) groups is 3. The largest absolute Gasteiger partial charge is 0.465 e. The number of nitrogens with one attached hydrogen (secondary N) is 1. The number of anilines is 1. The molecule has 14 nitrogen and oxygen atoms in total. The third-order valence-electron chi connectivity index (χ3n) is 7.70. The smallest absolute Gasteiger partial charge is 0.407 e. The standard InChI is InChI=1S/C30H30ClF2N7O7S/c1-17-22(16-40(36-17)12-13-47-48(3,45)46)19-6-7-21(26(33)25(19)32)24-15-34-27(37(24)2)28(41)35-18-4-5-20(23(31)14-18)29(42)38-8-10-39(11-9-38)30(43)44/h4-7,14-16H,8-13H2,1-3H3,(H,35,41)(H,43,44). The average molecular weight is 706 g/mol. The normalized spacial score (nSPS) is 13.5. The van der Waals surface area contributed by atoms with E-state index in [1.54, 1.807) is 6.92 Å². The van der Waals surface area contributed by atoms with Gasteiger partial charge in [0.2, 0.25) is 0 Å². The summed E-state index contributed by atoms with van der Waals surface area (Å²) in [7, 11) is -2.18. The number of hydrogen-bond acceptors (Lipinski definition) is 8. The van der Waals surface area contributed by atoms with Crippen molar-refractivity contribution in [1.82, 2.24) is 29.1 Å². The van der Waals surface area contributed by atoms with Crippen LogP contribution in [-0.2, 0) is 27.9 Å². The van der Waals surface area contributed by atoms with Crippen molar-refractivity contribution in [2.75, 3.05) is 44.4 Å². The number of hydrogen-bond donors (Lipinski definition) is 2. The summed E-state index contributed by atoms with van der Waals surface area (Å²) in [5.74, 6) is -3.49. The minimum absolute atomic E-state index is 0.0644. The molecule has 0 saturated carbocycles. The molecular formula is C30H30ClF2N7O7S. The van der Waals surface area contributed by atoms with Crippen LogP contribution < -0.4 is 5.32 Å². The molecule has 18 heteroatoms. The summed E-state index contributed by atoms with van der Waals surface area (Å²) in [6, 6.07) is 7.04. The van der Waals surface area contributed by atoms with E-state index >= 15 is 8.78 Å². The molecule has 1 aliphatic heterocycles. The molecule has 0 bridgehead atoms. The maximum absolute atomic E-state index is 15.5. The second kappa shape index (κ2) is 13.7. The van der Waals surface area contributed by atoms with Gasteiger partial charge in [-0.25, -0.2) is 18.6 Å². The number of halogens is 3. The molecule has 48 heavy (non-hydrogen) atoms. The molecule has 0 radical (unpaired) electrons. The van der Waals surface area contributed by atoms with Gasteiger partial charge in [-0.1, -0.05) is 17.7 Å². The Labute approximate surface area is 278 Å². The topological polar surface area (TPSA) is 169 Å². The highest BCUT2D eigenvalue weighted by Gasteiger charge is 2.27. The van der Waals surface area contributed by atoms with Gasteiger partial charge in [-0.2, -0.15) is 13.5 Å². The van der Waals surface area contributed by atoms with E-state index in [2.05, 4.69) is 15.4 Å². The number of carbonyl (C=O) groups excluding carboxylic acids is 2. The molecule has 1 aliphatic rings. The first-order chi connectivity index (χ1) is 22.6. The number of aryl methyl sites for hydroxylation is 1. The van der Waals surface area contributed by atoms with Gasteiger partial charge < -0.3 is 24.8 Å². The van der Waals surface area contributed by atoms with E-state index in [1.165, 1.54) is 68.8 Å². The van der Waals surface area contributed by atoms with Gasteiger partial charge in [0.1, 0.15) is 0 Å². The Hall–Kier alpha value is -4.87. The monoisotopic (exact) mass is 705 g/mol. The van der Waals surface area contributed by atoms with Crippen molar-refractivity contribution in [3.8, 4) is 22.4 Å². The number of nitrogens with zero attached hydrogens (tertiary/aromatic N) is 6. The van der Waals surface area contributed by atoms with Crippen LogP contribution in [0.2, 0.25) is 5.02 Å². The Balaban J connectivity index is 1.29. The summed E-state index contributed by atoms with van der Waals surface area (Å²) in [6.07, 6.45) is 2.56. The van der Waals surface area contributed by atoms with Crippen LogP contribution in [0, 0.1) is 18.6 Å². The lowest BCUT2D eigenvalue weighted by Gasteiger charge is -2.33. The Bertz CT molecular complexity index is 2030. The molecule has 1 fully saturated rings. The fraction of sp³-hybridized carbons (Fsp3) is 0.300. The molecule has 3 heterocycles. The molecule has 2 N–H and O–H groups in total. The molecule has 0 atom stereocenters. The molecule has 5 rings (SSSR count). The van der Waals surface area contributed by atoms with Gasteiger partial charge in [0.25, 0.3) is 21.9 Å². The van der Waals surface area contributed by atoms with Gasteiger partial charge in [-0.3, -0.25) is 18.5 Å². The molecule has 0 spiro atoms. The van der Waals surface area contributed by atoms with Crippen LogP contribution >= 0.6 is 11.6 Å². The quantitative estimate of drug-likeness (QED) is 0.246. The number of carboxylic acid groups (broad SMARTS) is 1. The summed E-state index contributed by atoms with van der Waals surface area (Å²) >= 11 is 6.37. The van der Waals surface area contributed by atoms with Crippen LogP contribution in [0.3, 0.4) is 0 Å². The van der Waals surface area contributed by atoms with Gasteiger partial charge >= 0.3 is 6.09 Å². The molecular weight excluding hydrogens is 676 g/mol. The number of rotatable bonds is 9. The molecule has 1 saturated heterocycles. The predicted octanol–water partition coefficient (Wildman–Crippen LogP) is 3.85. The number of aromatic nitrogens is 4. The van der Waals surface area contributed by atoms with Gasteiger partial charge in [0.15, 0.2) is 17.5 Å². The van der Waals surface area contributed by atoms with Crippen molar-refractivity contribution in [3.05, 3.63) is 76.5 Å². The molecule has 0 unspecified atom stereocenters. The number of amides is 3. The van der Waals surface area contributed by atoms with Crippen LogP contribution in [-0.4, -0.2) is 99.6 Å². The van der Waals surface area contributed by atoms with Crippen molar-refractivity contribution in [3.63, 3.8) is 0 Å². The van der Waals surface area contributed by atoms with Crippen LogP contribution in [0.4, 0.5) is 19.3 Å². The van der Waals surface area contributed by atoms with E-state index in [0.717, 1.165) is 6.26 Å². The minimum Gasteiger partial charge on any atom is -0.465 e. The molecule has 3 amide bonds.